The Labute approximate surface area is 158 Å². The van der Waals surface area contributed by atoms with Crippen LogP contribution in [-0.2, 0) is 6.42 Å². The average Bonchev–Trinajstić information content (AvgIpc) is 2.71. The number of hydrogen-bond donors (Lipinski definition) is 2. The monoisotopic (exact) mass is 362 g/mol. The Morgan fingerprint density at radius 3 is 2.56 bits per heavy atom. The topological polar surface area (TPSA) is 76.1 Å². The lowest BCUT2D eigenvalue weighted by Crippen LogP contribution is -2.26. The van der Waals surface area contributed by atoms with E-state index < -0.39 is 0 Å². The minimum atomic E-state index is -0.219. The van der Waals surface area contributed by atoms with Crippen molar-refractivity contribution in [3.8, 4) is 5.75 Å². The number of carbonyl (C=O) groups excluding carboxylic acids is 1. The minimum Gasteiger partial charge on any atom is -0.494 e. The molecule has 0 atom stereocenters. The van der Waals surface area contributed by atoms with Gasteiger partial charge in [0.05, 0.1) is 6.61 Å². The van der Waals surface area contributed by atoms with Gasteiger partial charge in [0.25, 0.3) is 5.91 Å². The van der Waals surface area contributed by atoms with Gasteiger partial charge in [-0.25, -0.2) is 9.97 Å². The third-order valence-electron chi connectivity index (χ3n) is 3.88. The zero-order valence-corrected chi connectivity index (χ0v) is 15.2. The van der Waals surface area contributed by atoms with Crippen LogP contribution in [0.25, 0.3) is 0 Å². The molecule has 27 heavy (non-hydrogen) atoms. The molecule has 0 aliphatic rings. The highest BCUT2D eigenvalue weighted by Gasteiger charge is 2.08. The van der Waals surface area contributed by atoms with E-state index in [0.29, 0.717) is 24.7 Å². The molecule has 0 bridgehead atoms. The second kappa shape index (κ2) is 9.33. The second-order valence-corrected chi connectivity index (χ2v) is 5.86. The first kappa shape index (κ1) is 18.4. The summed E-state index contributed by atoms with van der Waals surface area (Å²) in [7, 11) is 0. The molecular formula is C21H22N4O2. The molecule has 1 amide bonds. The number of nitrogens with zero attached hydrogens (tertiary/aromatic N) is 2. The highest BCUT2D eigenvalue weighted by atomic mass is 16.5. The number of nitrogens with one attached hydrogen (secondary N) is 2. The van der Waals surface area contributed by atoms with Crippen molar-refractivity contribution in [2.75, 3.05) is 18.5 Å². The van der Waals surface area contributed by atoms with Crippen molar-refractivity contribution in [1.29, 1.82) is 0 Å². The van der Waals surface area contributed by atoms with Crippen molar-refractivity contribution in [3.63, 3.8) is 0 Å². The van der Waals surface area contributed by atoms with Gasteiger partial charge in [0.1, 0.15) is 23.6 Å². The van der Waals surface area contributed by atoms with Crippen LogP contribution in [0.1, 0.15) is 23.0 Å². The van der Waals surface area contributed by atoms with Crippen LogP contribution < -0.4 is 15.4 Å². The number of hydrogen-bond acceptors (Lipinski definition) is 5. The standard InChI is InChI=1S/C21H22N4O2/c1-2-27-18-10-8-17(9-11-18)25-20-14-19(23-15-24-20)21(26)22-13-12-16-6-4-3-5-7-16/h3-11,14-15H,2,12-13H2,1H3,(H,22,26)(H,23,24,25). The quantitative estimate of drug-likeness (QED) is 0.640. The molecule has 0 fully saturated rings. The fraction of sp³-hybridized carbons (Fsp3) is 0.190. The molecule has 138 valence electrons. The van der Waals surface area contributed by atoms with Crippen molar-refractivity contribution < 1.29 is 9.53 Å². The van der Waals surface area contributed by atoms with Crippen LogP contribution in [0.4, 0.5) is 11.5 Å². The molecule has 3 aromatic rings. The molecule has 0 radical (unpaired) electrons. The first-order chi connectivity index (χ1) is 13.2. The maximum Gasteiger partial charge on any atom is 0.270 e. The Kier molecular flexibility index (Phi) is 6.35. The molecule has 0 unspecified atom stereocenters. The number of anilines is 2. The number of aromatic nitrogens is 2. The number of rotatable bonds is 8. The second-order valence-electron chi connectivity index (χ2n) is 5.86. The van der Waals surface area contributed by atoms with Crippen LogP contribution in [0.5, 0.6) is 5.75 Å². The van der Waals surface area contributed by atoms with E-state index in [2.05, 4.69) is 20.6 Å². The van der Waals surface area contributed by atoms with E-state index >= 15 is 0 Å². The van der Waals surface area contributed by atoms with Gasteiger partial charge < -0.3 is 15.4 Å². The minimum absolute atomic E-state index is 0.219. The third-order valence-corrected chi connectivity index (χ3v) is 3.88. The summed E-state index contributed by atoms with van der Waals surface area (Å²) in [6, 6.07) is 19.2. The normalized spacial score (nSPS) is 10.3. The van der Waals surface area contributed by atoms with Gasteiger partial charge >= 0.3 is 0 Å². The molecule has 2 N–H and O–H groups in total. The third kappa shape index (κ3) is 5.54. The van der Waals surface area contributed by atoms with Crippen LogP contribution in [0.3, 0.4) is 0 Å². The predicted molar refractivity (Wildman–Crippen MR) is 105 cm³/mol. The molecule has 0 spiro atoms. The van der Waals surface area contributed by atoms with Gasteiger partial charge in [-0.15, -0.1) is 0 Å². The van der Waals surface area contributed by atoms with Crippen LogP contribution in [0, 0.1) is 0 Å². The zero-order valence-electron chi connectivity index (χ0n) is 15.2. The first-order valence-electron chi connectivity index (χ1n) is 8.88. The summed E-state index contributed by atoms with van der Waals surface area (Å²) in [5.74, 6) is 1.15. The van der Waals surface area contributed by atoms with Crippen molar-refractivity contribution in [1.82, 2.24) is 15.3 Å². The fourth-order valence-corrected chi connectivity index (χ4v) is 2.55. The lowest BCUT2D eigenvalue weighted by Gasteiger charge is -2.09. The molecule has 0 saturated heterocycles. The van der Waals surface area contributed by atoms with Gasteiger partial charge in [-0.1, -0.05) is 30.3 Å². The lowest BCUT2D eigenvalue weighted by atomic mass is 10.1. The fourth-order valence-electron chi connectivity index (χ4n) is 2.55. The van der Waals surface area contributed by atoms with E-state index in [1.807, 2.05) is 61.5 Å². The molecule has 6 nitrogen and oxygen atoms in total. The predicted octanol–water partition coefficient (Wildman–Crippen LogP) is 3.59. The molecule has 0 aliphatic carbocycles. The van der Waals surface area contributed by atoms with Crippen LogP contribution in [0.2, 0.25) is 0 Å². The number of amides is 1. The SMILES string of the molecule is CCOc1ccc(Nc2cc(C(=O)NCCc3ccccc3)ncn2)cc1. The number of carbonyl (C=O) groups is 1. The Hall–Kier alpha value is -3.41. The summed E-state index contributed by atoms with van der Waals surface area (Å²) >= 11 is 0. The average molecular weight is 362 g/mol. The van der Waals surface area contributed by atoms with E-state index in [0.717, 1.165) is 17.9 Å². The molecule has 0 saturated carbocycles. The summed E-state index contributed by atoms with van der Waals surface area (Å²) in [4.78, 5) is 20.5. The summed E-state index contributed by atoms with van der Waals surface area (Å²) in [6.07, 6.45) is 2.15. The van der Waals surface area contributed by atoms with Gasteiger partial charge in [0.2, 0.25) is 0 Å². The van der Waals surface area contributed by atoms with Gasteiger partial charge in [0.15, 0.2) is 0 Å². The van der Waals surface area contributed by atoms with Crippen molar-refractivity contribution >= 4 is 17.4 Å². The highest BCUT2D eigenvalue weighted by Crippen LogP contribution is 2.19. The Morgan fingerprint density at radius 2 is 1.81 bits per heavy atom. The van der Waals surface area contributed by atoms with Crippen molar-refractivity contribution in [3.05, 3.63) is 78.2 Å². The number of ether oxygens (including phenoxy) is 1. The van der Waals surface area contributed by atoms with Gasteiger partial charge in [-0.3, -0.25) is 4.79 Å². The van der Waals surface area contributed by atoms with Crippen LogP contribution in [-0.4, -0.2) is 29.0 Å². The molecular weight excluding hydrogens is 340 g/mol. The molecule has 1 aromatic heterocycles. The summed E-state index contributed by atoms with van der Waals surface area (Å²) in [5, 5.41) is 6.05. The van der Waals surface area contributed by atoms with Gasteiger partial charge in [-0.2, -0.15) is 0 Å². The number of benzene rings is 2. The first-order valence-corrected chi connectivity index (χ1v) is 8.88. The van der Waals surface area contributed by atoms with Gasteiger partial charge in [0, 0.05) is 18.3 Å². The smallest absolute Gasteiger partial charge is 0.270 e. The molecule has 1 heterocycles. The maximum atomic E-state index is 12.3. The molecule has 0 aliphatic heterocycles. The van der Waals surface area contributed by atoms with Crippen LogP contribution >= 0.6 is 0 Å². The highest BCUT2D eigenvalue weighted by molar-refractivity contribution is 5.92. The van der Waals surface area contributed by atoms with Gasteiger partial charge in [-0.05, 0) is 43.2 Å². The molecule has 2 aromatic carbocycles. The zero-order chi connectivity index (χ0) is 18.9. The van der Waals surface area contributed by atoms with Crippen molar-refractivity contribution in [2.24, 2.45) is 0 Å². The lowest BCUT2D eigenvalue weighted by molar-refractivity contribution is 0.0949. The largest absolute Gasteiger partial charge is 0.494 e. The Balaban J connectivity index is 1.56. The summed E-state index contributed by atoms with van der Waals surface area (Å²) < 4.78 is 5.42. The summed E-state index contributed by atoms with van der Waals surface area (Å²) in [6.45, 7) is 3.12. The van der Waals surface area contributed by atoms with E-state index in [1.54, 1.807) is 6.07 Å². The Morgan fingerprint density at radius 1 is 1.04 bits per heavy atom. The molecule has 6 heteroatoms. The Bertz CT molecular complexity index is 867. The summed E-state index contributed by atoms with van der Waals surface area (Å²) in [5.41, 5.74) is 2.36. The molecule has 3 rings (SSSR count). The van der Waals surface area contributed by atoms with E-state index in [-0.39, 0.29) is 5.91 Å². The van der Waals surface area contributed by atoms with E-state index in [4.69, 9.17) is 4.74 Å². The van der Waals surface area contributed by atoms with E-state index in [1.165, 1.54) is 11.9 Å². The van der Waals surface area contributed by atoms with Crippen molar-refractivity contribution in [2.45, 2.75) is 13.3 Å². The maximum absolute atomic E-state index is 12.3. The van der Waals surface area contributed by atoms with E-state index in [9.17, 15) is 4.79 Å². The van der Waals surface area contributed by atoms with Crippen LogP contribution in [0.15, 0.2) is 67.0 Å².